The standard InChI is InChI=1S/C26H38N2O10/c1-17(30)28-22-24(37-19(3)32)23(36-18(2)31)21(15-29)38-25(22)34-14-10-5-4-9-13-27-26(33)35-16-20-11-7-6-8-12-20/h6-8,11-12,21-25,29H,4-5,9-10,13-16H2,1-3H3,(H,27,33)(H,28,30)/t21-,22-,23+,24-,25-/m1/s1. The van der Waals surface area contributed by atoms with Gasteiger partial charge in [-0.15, -0.1) is 0 Å². The molecule has 1 heterocycles. The summed E-state index contributed by atoms with van der Waals surface area (Å²) in [5.41, 5.74) is 0.914. The van der Waals surface area contributed by atoms with Gasteiger partial charge < -0.3 is 39.4 Å². The molecule has 38 heavy (non-hydrogen) atoms. The molecule has 2 rings (SSSR count). The van der Waals surface area contributed by atoms with Crippen molar-refractivity contribution in [1.29, 1.82) is 0 Å². The van der Waals surface area contributed by atoms with E-state index >= 15 is 0 Å². The Balaban J connectivity index is 1.77. The highest BCUT2D eigenvalue weighted by molar-refractivity contribution is 5.73. The highest BCUT2D eigenvalue weighted by Crippen LogP contribution is 2.27. The summed E-state index contributed by atoms with van der Waals surface area (Å²) in [7, 11) is 0. The lowest BCUT2D eigenvalue weighted by Crippen LogP contribution is -2.66. The second kappa shape index (κ2) is 16.6. The molecule has 1 aliphatic rings. The van der Waals surface area contributed by atoms with Crippen molar-refractivity contribution >= 4 is 23.9 Å². The molecule has 2 amide bonds. The van der Waals surface area contributed by atoms with Gasteiger partial charge in [0.25, 0.3) is 0 Å². The third kappa shape index (κ3) is 11.0. The lowest BCUT2D eigenvalue weighted by atomic mass is 9.96. The molecule has 1 aliphatic heterocycles. The molecule has 212 valence electrons. The van der Waals surface area contributed by atoms with Gasteiger partial charge in [0.05, 0.1) is 6.61 Å². The van der Waals surface area contributed by atoms with Crippen LogP contribution in [0.3, 0.4) is 0 Å². The van der Waals surface area contributed by atoms with Crippen LogP contribution in [0.1, 0.15) is 52.0 Å². The number of aliphatic hydroxyl groups excluding tert-OH is 1. The molecule has 1 aromatic rings. The number of esters is 2. The van der Waals surface area contributed by atoms with Gasteiger partial charge in [-0.25, -0.2) is 4.79 Å². The Morgan fingerprint density at radius 1 is 0.921 bits per heavy atom. The molecule has 3 N–H and O–H groups in total. The van der Waals surface area contributed by atoms with E-state index in [0.29, 0.717) is 13.0 Å². The predicted molar refractivity (Wildman–Crippen MR) is 134 cm³/mol. The van der Waals surface area contributed by atoms with Gasteiger partial charge in [0.1, 0.15) is 18.8 Å². The van der Waals surface area contributed by atoms with Crippen LogP contribution < -0.4 is 10.6 Å². The van der Waals surface area contributed by atoms with Crippen LogP contribution in [0.5, 0.6) is 0 Å². The molecule has 1 fully saturated rings. The van der Waals surface area contributed by atoms with Gasteiger partial charge in [-0.05, 0) is 18.4 Å². The van der Waals surface area contributed by atoms with Gasteiger partial charge in [0.15, 0.2) is 18.5 Å². The minimum absolute atomic E-state index is 0.212. The second-order valence-electron chi connectivity index (χ2n) is 8.87. The van der Waals surface area contributed by atoms with E-state index in [9.17, 15) is 24.3 Å². The number of rotatable bonds is 14. The van der Waals surface area contributed by atoms with Crippen molar-refractivity contribution in [3.8, 4) is 0 Å². The molecule has 0 unspecified atom stereocenters. The third-order valence-electron chi connectivity index (χ3n) is 5.64. The first kappa shape index (κ1) is 31.0. The molecule has 1 aromatic carbocycles. The van der Waals surface area contributed by atoms with Crippen LogP contribution in [0, 0.1) is 0 Å². The van der Waals surface area contributed by atoms with Crippen LogP contribution in [0.2, 0.25) is 0 Å². The normalized spacial score (nSPS) is 22.7. The molecule has 0 aliphatic carbocycles. The summed E-state index contributed by atoms with van der Waals surface area (Å²) in [5, 5.41) is 15.2. The molecule has 1 saturated heterocycles. The van der Waals surface area contributed by atoms with Crippen LogP contribution >= 0.6 is 0 Å². The van der Waals surface area contributed by atoms with Crippen molar-refractivity contribution in [2.75, 3.05) is 19.8 Å². The number of hydrogen-bond donors (Lipinski definition) is 3. The van der Waals surface area contributed by atoms with E-state index in [1.54, 1.807) is 0 Å². The van der Waals surface area contributed by atoms with Crippen molar-refractivity contribution in [3.05, 3.63) is 35.9 Å². The summed E-state index contributed by atoms with van der Waals surface area (Å²) in [6.07, 6.45) is -1.77. The minimum Gasteiger partial charge on any atom is -0.456 e. The molecule has 5 atom stereocenters. The largest absolute Gasteiger partial charge is 0.456 e. The first-order chi connectivity index (χ1) is 18.2. The lowest BCUT2D eigenvalue weighted by Gasteiger charge is -2.44. The number of nitrogens with one attached hydrogen (secondary N) is 2. The van der Waals surface area contributed by atoms with Gasteiger partial charge in [-0.2, -0.15) is 0 Å². The van der Waals surface area contributed by atoms with E-state index in [4.69, 9.17) is 23.7 Å². The number of unbranched alkanes of at least 4 members (excludes halogenated alkanes) is 3. The highest BCUT2D eigenvalue weighted by atomic mass is 16.7. The molecule has 0 bridgehead atoms. The zero-order chi connectivity index (χ0) is 27.9. The highest BCUT2D eigenvalue weighted by Gasteiger charge is 2.50. The average Bonchev–Trinajstić information content (AvgIpc) is 2.87. The third-order valence-corrected chi connectivity index (χ3v) is 5.64. The number of benzene rings is 1. The van der Waals surface area contributed by atoms with Crippen LogP contribution in [-0.4, -0.2) is 79.4 Å². The number of carbonyl (C=O) groups is 4. The summed E-state index contributed by atoms with van der Waals surface area (Å²) < 4.78 is 27.4. The fraction of sp³-hybridized carbons (Fsp3) is 0.615. The topological polar surface area (TPSA) is 159 Å². The van der Waals surface area contributed by atoms with E-state index in [2.05, 4.69) is 10.6 Å². The molecule has 0 saturated carbocycles. The summed E-state index contributed by atoms with van der Waals surface area (Å²) in [5.74, 6) is -1.74. The van der Waals surface area contributed by atoms with Crippen molar-refractivity contribution in [2.45, 2.75) is 83.7 Å². The summed E-state index contributed by atoms with van der Waals surface area (Å²) in [6, 6.07) is 8.45. The Labute approximate surface area is 222 Å². The summed E-state index contributed by atoms with van der Waals surface area (Å²) in [6.45, 7) is 4.07. The summed E-state index contributed by atoms with van der Waals surface area (Å²) in [4.78, 5) is 47.0. The Kier molecular flexibility index (Phi) is 13.5. The zero-order valence-corrected chi connectivity index (χ0v) is 22.1. The Hall–Kier alpha value is -3.22. The maximum atomic E-state index is 11.8. The fourth-order valence-electron chi connectivity index (χ4n) is 3.99. The number of ether oxygens (including phenoxy) is 5. The lowest BCUT2D eigenvalue weighted by molar-refractivity contribution is -0.276. The van der Waals surface area contributed by atoms with Gasteiger partial charge in [0.2, 0.25) is 5.91 Å². The monoisotopic (exact) mass is 538 g/mol. The van der Waals surface area contributed by atoms with E-state index in [1.165, 1.54) is 20.8 Å². The number of hydrogen-bond acceptors (Lipinski definition) is 10. The van der Waals surface area contributed by atoms with Crippen LogP contribution in [0.4, 0.5) is 4.79 Å². The maximum absolute atomic E-state index is 11.8. The fourth-order valence-corrected chi connectivity index (χ4v) is 3.99. The molecule has 0 radical (unpaired) electrons. The molecule has 0 aromatic heterocycles. The number of alkyl carbamates (subject to hydrolysis) is 1. The van der Waals surface area contributed by atoms with Crippen molar-refractivity contribution in [2.24, 2.45) is 0 Å². The van der Waals surface area contributed by atoms with Crippen molar-refractivity contribution in [3.63, 3.8) is 0 Å². The van der Waals surface area contributed by atoms with Crippen molar-refractivity contribution in [1.82, 2.24) is 10.6 Å². The molecular weight excluding hydrogens is 500 g/mol. The van der Waals surface area contributed by atoms with E-state index < -0.39 is 61.2 Å². The molecular formula is C26H38N2O10. The van der Waals surface area contributed by atoms with Gasteiger partial charge in [0, 0.05) is 33.9 Å². The Bertz CT molecular complexity index is 897. The number of aliphatic hydroxyl groups is 1. The molecule has 12 nitrogen and oxygen atoms in total. The van der Waals surface area contributed by atoms with E-state index in [0.717, 1.165) is 24.8 Å². The van der Waals surface area contributed by atoms with Crippen LogP contribution in [0.15, 0.2) is 30.3 Å². The average molecular weight is 539 g/mol. The second-order valence-corrected chi connectivity index (χ2v) is 8.87. The van der Waals surface area contributed by atoms with E-state index in [-0.39, 0.29) is 13.2 Å². The Morgan fingerprint density at radius 2 is 1.58 bits per heavy atom. The van der Waals surface area contributed by atoms with E-state index in [1.807, 2.05) is 30.3 Å². The van der Waals surface area contributed by atoms with Gasteiger partial charge >= 0.3 is 18.0 Å². The Morgan fingerprint density at radius 3 is 2.21 bits per heavy atom. The number of carbonyl (C=O) groups excluding carboxylic acids is 4. The first-order valence-corrected chi connectivity index (χ1v) is 12.6. The van der Waals surface area contributed by atoms with Crippen molar-refractivity contribution < 1.29 is 48.0 Å². The smallest absolute Gasteiger partial charge is 0.407 e. The summed E-state index contributed by atoms with van der Waals surface area (Å²) >= 11 is 0. The maximum Gasteiger partial charge on any atom is 0.407 e. The molecule has 0 spiro atoms. The minimum atomic E-state index is -1.13. The zero-order valence-electron chi connectivity index (χ0n) is 22.1. The first-order valence-electron chi connectivity index (χ1n) is 12.6. The van der Waals surface area contributed by atoms with Gasteiger partial charge in [-0.3, -0.25) is 14.4 Å². The predicted octanol–water partition coefficient (Wildman–Crippen LogP) is 1.58. The SMILES string of the molecule is CC(=O)N[C@H]1[C@H](OCCCCCCNC(=O)OCc2ccccc2)O[C@H](CO)[C@H](OC(C)=O)[C@@H]1OC(C)=O. The van der Waals surface area contributed by atoms with Crippen LogP contribution in [0.25, 0.3) is 0 Å². The van der Waals surface area contributed by atoms with Crippen LogP contribution in [-0.2, 0) is 44.7 Å². The molecule has 12 heteroatoms. The van der Waals surface area contributed by atoms with Gasteiger partial charge in [-0.1, -0.05) is 43.2 Å². The quantitative estimate of drug-likeness (QED) is 0.180. The number of amides is 2.